The lowest BCUT2D eigenvalue weighted by atomic mass is 10.5. The molecule has 0 fully saturated rings. The van der Waals surface area contributed by atoms with Gasteiger partial charge in [-0.05, 0) is 0 Å². The molecular formula is C7H10F3N3O2. The molecule has 0 saturated heterocycles. The van der Waals surface area contributed by atoms with Crippen LogP contribution in [0, 0.1) is 0 Å². The van der Waals surface area contributed by atoms with Crippen LogP contribution in [0.4, 0.5) is 13.2 Å². The first-order chi connectivity index (χ1) is 7.08. The van der Waals surface area contributed by atoms with Crippen molar-refractivity contribution in [3.05, 3.63) is 12.2 Å². The number of hydrogen-bond donors (Lipinski definition) is 1. The van der Waals surface area contributed by atoms with Gasteiger partial charge in [0.1, 0.15) is 6.61 Å². The van der Waals surface area contributed by atoms with Gasteiger partial charge in [-0.3, -0.25) is 0 Å². The van der Waals surface area contributed by atoms with Crippen LogP contribution in [0.5, 0.6) is 0 Å². The second kappa shape index (κ2) is 5.66. The fraction of sp³-hybridized carbons (Fsp3) is 0.714. The van der Waals surface area contributed by atoms with Gasteiger partial charge >= 0.3 is 6.18 Å². The molecule has 8 heteroatoms. The van der Waals surface area contributed by atoms with Gasteiger partial charge in [0.05, 0.1) is 13.2 Å². The molecule has 0 atom stereocenters. The van der Waals surface area contributed by atoms with Crippen molar-refractivity contribution in [2.24, 2.45) is 0 Å². The Balaban J connectivity index is 1.94. The van der Waals surface area contributed by atoms with Crippen molar-refractivity contribution in [3.8, 4) is 0 Å². The normalized spacial score (nSPS) is 11.9. The van der Waals surface area contributed by atoms with E-state index in [0.717, 1.165) is 0 Å². The van der Waals surface area contributed by atoms with Crippen LogP contribution in [0.3, 0.4) is 0 Å². The predicted octanol–water partition coefficient (Wildman–Crippen LogP) is 0.738. The second-order valence-electron chi connectivity index (χ2n) is 2.69. The lowest BCUT2D eigenvalue weighted by Gasteiger charge is -2.07. The fourth-order valence-corrected chi connectivity index (χ4v) is 0.803. The Labute approximate surface area is 83.6 Å². The average Bonchev–Trinajstić information content (AvgIpc) is 2.61. The minimum atomic E-state index is -4.27. The first-order valence-electron chi connectivity index (χ1n) is 4.18. The summed E-state index contributed by atoms with van der Waals surface area (Å²) in [6, 6.07) is 0. The number of nitrogens with zero attached hydrogens (tertiary/aromatic N) is 2. The van der Waals surface area contributed by atoms with Crippen molar-refractivity contribution in [2.75, 3.05) is 19.8 Å². The van der Waals surface area contributed by atoms with Gasteiger partial charge in [-0.2, -0.15) is 18.2 Å². The molecule has 0 spiro atoms. The first-order valence-corrected chi connectivity index (χ1v) is 4.18. The van der Waals surface area contributed by atoms with Gasteiger partial charge in [-0.25, -0.2) is 0 Å². The second-order valence-corrected chi connectivity index (χ2v) is 2.69. The summed E-state index contributed by atoms with van der Waals surface area (Å²) in [6.07, 6.45) is -3.09. The van der Waals surface area contributed by atoms with Crippen molar-refractivity contribution < 1.29 is 22.4 Å². The molecule has 1 aromatic rings. The number of aromatic nitrogens is 2. The number of halogens is 3. The van der Waals surface area contributed by atoms with E-state index in [2.05, 4.69) is 24.7 Å². The predicted molar refractivity (Wildman–Crippen MR) is 42.9 cm³/mol. The highest BCUT2D eigenvalue weighted by atomic mass is 19.4. The Bertz CT molecular complexity index is 263. The number of nitrogens with one attached hydrogen (secondary N) is 1. The highest BCUT2D eigenvalue weighted by molar-refractivity contribution is 4.75. The van der Waals surface area contributed by atoms with E-state index < -0.39 is 12.8 Å². The zero-order valence-corrected chi connectivity index (χ0v) is 7.75. The van der Waals surface area contributed by atoms with E-state index in [9.17, 15) is 13.2 Å². The molecule has 0 saturated carbocycles. The zero-order valence-electron chi connectivity index (χ0n) is 7.75. The SMILES string of the molecule is FC(F)(F)COCCNCc1ncon1. The summed E-state index contributed by atoms with van der Waals surface area (Å²) in [5, 5.41) is 6.30. The summed E-state index contributed by atoms with van der Waals surface area (Å²) in [5.74, 6) is 0.450. The summed E-state index contributed by atoms with van der Waals surface area (Å²) in [7, 11) is 0. The molecule has 15 heavy (non-hydrogen) atoms. The van der Waals surface area contributed by atoms with Crippen molar-refractivity contribution in [1.29, 1.82) is 0 Å². The summed E-state index contributed by atoms with van der Waals surface area (Å²) in [5.41, 5.74) is 0. The number of alkyl halides is 3. The standard InChI is InChI=1S/C7H10F3N3O2/c8-7(9,10)4-14-2-1-11-3-6-12-5-15-13-6/h5,11H,1-4H2. The van der Waals surface area contributed by atoms with Crippen LogP contribution >= 0.6 is 0 Å². The minimum Gasteiger partial charge on any atom is -0.371 e. The van der Waals surface area contributed by atoms with E-state index in [1.807, 2.05) is 0 Å². The van der Waals surface area contributed by atoms with E-state index >= 15 is 0 Å². The van der Waals surface area contributed by atoms with Crippen LogP contribution in [-0.4, -0.2) is 36.1 Å². The van der Waals surface area contributed by atoms with Gasteiger partial charge in [0, 0.05) is 6.54 Å². The maximum Gasteiger partial charge on any atom is 0.411 e. The molecule has 0 aromatic carbocycles. The monoisotopic (exact) mass is 225 g/mol. The smallest absolute Gasteiger partial charge is 0.371 e. The zero-order chi connectivity index (χ0) is 11.1. The average molecular weight is 225 g/mol. The third kappa shape index (κ3) is 6.02. The number of rotatable bonds is 6. The van der Waals surface area contributed by atoms with Gasteiger partial charge < -0.3 is 14.6 Å². The molecule has 86 valence electrons. The third-order valence-corrected chi connectivity index (χ3v) is 1.38. The maximum atomic E-state index is 11.6. The Morgan fingerprint density at radius 2 is 2.27 bits per heavy atom. The summed E-state index contributed by atoms with van der Waals surface area (Å²) >= 11 is 0. The van der Waals surface area contributed by atoms with E-state index in [0.29, 0.717) is 18.9 Å². The molecule has 5 nitrogen and oxygen atoms in total. The lowest BCUT2D eigenvalue weighted by Crippen LogP contribution is -2.23. The lowest BCUT2D eigenvalue weighted by molar-refractivity contribution is -0.173. The molecule has 1 N–H and O–H groups in total. The van der Waals surface area contributed by atoms with Crippen LogP contribution < -0.4 is 5.32 Å². The first kappa shape index (κ1) is 11.9. The third-order valence-electron chi connectivity index (χ3n) is 1.38. The minimum absolute atomic E-state index is 0.0165. The van der Waals surface area contributed by atoms with Crippen LogP contribution in [0.2, 0.25) is 0 Å². The van der Waals surface area contributed by atoms with Crippen LogP contribution in [0.25, 0.3) is 0 Å². The summed E-state index contributed by atoms with van der Waals surface area (Å²) < 4.78 is 43.7. The Kier molecular flexibility index (Phi) is 4.50. The number of ether oxygens (including phenoxy) is 1. The Hall–Kier alpha value is -1.15. The highest BCUT2D eigenvalue weighted by Gasteiger charge is 2.27. The van der Waals surface area contributed by atoms with Gasteiger partial charge in [0.25, 0.3) is 0 Å². The molecule has 1 aromatic heterocycles. The molecule has 1 heterocycles. The fourth-order valence-electron chi connectivity index (χ4n) is 0.803. The van der Waals surface area contributed by atoms with Crippen LogP contribution in [0.15, 0.2) is 10.9 Å². The van der Waals surface area contributed by atoms with Crippen molar-refractivity contribution in [1.82, 2.24) is 15.5 Å². The van der Waals surface area contributed by atoms with Gasteiger partial charge in [0.2, 0.25) is 6.39 Å². The Morgan fingerprint density at radius 3 is 2.87 bits per heavy atom. The Morgan fingerprint density at radius 1 is 1.47 bits per heavy atom. The molecule has 0 aliphatic heterocycles. The molecule has 0 aliphatic carbocycles. The molecule has 0 radical (unpaired) electrons. The molecule has 0 unspecified atom stereocenters. The van der Waals surface area contributed by atoms with Gasteiger partial charge in [0.15, 0.2) is 5.82 Å². The van der Waals surface area contributed by atoms with Crippen LogP contribution in [-0.2, 0) is 11.3 Å². The van der Waals surface area contributed by atoms with E-state index in [4.69, 9.17) is 0 Å². The van der Waals surface area contributed by atoms with Crippen molar-refractivity contribution in [3.63, 3.8) is 0 Å². The van der Waals surface area contributed by atoms with Crippen molar-refractivity contribution in [2.45, 2.75) is 12.7 Å². The highest BCUT2D eigenvalue weighted by Crippen LogP contribution is 2.13. The largest absolute Gasteiger partial charge is 0.411 e. The molecule has 0 aliphatic rings. The van der Waals surface area contributed by atoms with Gasteiger partial charge in [-0.1, -0.05) is 5.16 Å². The molecular weight excluding hydrogens is 215 g/mol. The molecule has 0 amide bonds. The maximum absolute atomic E-state index is 11.6. The van der Waals surface area contributed by atoms with Crippen LogP contribution in [0.1, 0.15) is 5.82 Å². The quantitative estimate of drug-likeness (QED) is 0.723. The molecule has 0 bridgehead atoms. The van der Waals surface area contributed by atoms with Crippen molar-refractivity contribution >= 4 is 0 Å². The van der Waals surface area contributed by atoms with E-state index in [1.54, 1.807) is 0 Å². The van der Waals surface area contributed by atoms with E-state index in [-0.39, 0.29) is 6.61 Å². The summed E-state index contributed by atoms with van der Waals surface area (Å²) in [6.45, 7) is -0.606. The molecule has 1 rings (SSSR count). The van der Waals surface area contributed by atoms with Gasteiger partial charge in [-0.15, -0.1) is 0 Å². The van der Waals surface area contributed by atoms with E-state index in [1.165, 1.54) is 6.39 Å². The summed E-state index contributed by atoms with van der Waals surface area (Å²) in [4.78, 5) is 3.71. The topological polar surface area (TPSA) is 60.2 Å². The number of hydrogen-bond acceptors (Lipinski definition) is 5.